The minimum absolute atomic E-state index is 0.883. The number of anilines is 1. The molecule has 72 valence electrons. The van der Waals surface area contributed by atoms with Gasteiger partial charge in [0.15, 0.2) is 0 Å². The summed E-state index contributed by atoms with van der Waals surface area (Å²) in [4.78, 5) is 8.22. The molecule has 3 nitrogen and oxygen atoms in total. The van der Waals surface area contributed by atoms with Crippen molar-refractivity contribution in [3.8, 4) is 0 Å². The lowest BCUT2D eigenvalue weighted by molar-refractivity contribution is 0.894. The number of rotatable bonds is 5. The molecule has 0 unspecified atom stereocenters. The second-order valence-electron chi connectivity index (χ2n) is 2.69. The Morgan fingerprint density at radius 3 is 3.00 bits per heavy atom. The molecule has 0 spiro atoms. The van der Waals surface area contributed by atoms with Crippen LogP contribution in [0, 0.1) is 0 Å². The van der Waals surface area contributed by atoms with Crippen molar-refractivity contribution in [3.05, 3.63) is 12.4 Å². The Morgan fingerprint density at radius 2 is 2.31 bits per heavy atom. The van der Waals surface area contributed by atoms with Crippen molar-refractivity contribution >= 4 is 17.6 Å². The Morgan fingerprint density at radius 1 is 1.46 bits per heavy atom. The number of hydrogen-bond donors (Lipinski definition) is 1. The monoisotopic (exact) mass is 197 g/mol. The minimum atomic E-state index is 0.883. The standard InChI is InChI=1S/C9H15N3S/c1-3-4-5-13-9-6-8(10-2)11-7-12-9/h6-7H,3-5H2,1-2H3,(H,10,11,12). The summed E-state index contributed by atoms with van der Waals surface area (Å²) in [6.45, 7) is 2.19. The van der Waals surface area contributed by atoms with E-state index < -0.39 is 0 Å². The highest BCUT2D eigenvalue weighted by molar-refractivity contribution is 7.99. The van der Waals surface area contributed by atoms with Crippen LogP contribution >= 0.6 is 11.8 Å². The largest absolute Gasteiger partial charge is 0.373 e. The van der Waals surface area contributed by atoms with Gasteiger partial charge >= 0.3 is 0 Å². The van der Waals surface area contributed by atoms with Crippen LogP contribution in [-0.4, -0.2) is 22.8 Å². The van der Waals surface area contributed by atoms with E-state index >= 15 is 0 Å². The van der Waals surface area contributed by atoms with Gasteiger partial charge in [0.2, 0.25) is 0 Å². The first-order valence-electron chi connectivity index (χ1n) is 4.49. The van der Waals surface area contributed by atoms with Gasteiger partial charge in [0, 0.05) is 13.1 Å². The number of nitrogens with one attached hydrogen (secondary N) is 1. The van der Waals surface area contributed by atoms with Gasteiger partial charge in [-0.15, -0.1) is 11.8 Å². The molecule has 0 amide bonds. The van der Waals surface area contributed by atoms with Gasteiger partial charge in [-0.2, -0.15) is 0 Å². The van der Waals surface area contributed by atoms with Crippen molar-refractivity contribution in [1.29, 1.82) is 0 Å². The molecular weight excluding hydrogens is 182 g/mol. The predicted octanol–water partition coefficient (Wildman–Crippen LogP) is 2.41. The summed E-state index contributed by atoms with van der Waals surface area (Å²) in [6.07, 6.45) is 4.07. The average Bonchev–Trinajstić information content (AvgIpc) is 2.19. The third kappa shape index (κ3) is 3.63. The lowest BCUT2D eigenvalue weighted by Gasteiger charge is -2.01. The van der Waals surface area contributed by atoms with Crippen LogP contribution in [0.15, 0.2) is 17.4 Å². The lowest BCUT2D eigenvalue weighted by Crippen LogP contribution is -1.93. The average molecular weight is 197 g/mol. The summed E-state index contributed by atoms with van der Waals surface area (Å²) in [7, 11) is 1.86. The van der Waals surface area contributed by atoms with Gasteiger partial charge in [0.05, 0.1) is 0 Å². The maximum Gasteiger partial charge on any atom is 0.130 e. The summed E-state index contributed by atoms with van der Waals surface area (Å²) in [5.74, 6) is 2.02. The van der Waals surface area contributed by atoms with E-state index in [0.29, 0.717) is 0 Å². The molecule has 1 aromatic rings. The quantitative estimate of drug-likeness (QED) is 0.447. The molecule has 1 N–H and O–H groups in total. The first-order valence-corrected chi connectivity index (χ1v) is 5.48. The molecule has 1 rings (SSSR count). The van der Waals surface area contributed by atoms with E-state index in [1.807, 2.05) is 13.1 Å². The minimum Gasteiger partial charge on any atom is -0.373 e. The SMILES string of the molecule is CCCCSc1cc(NC)ncn1. The predicted molar refractivity (Wildman–Crippen MR) is 57.2 cm³/mol. The second-order valence-corrected chi connectivity index (χ2v) is 3.81. The molecule has 0 atom stereocenters. The third-order valence-corrected chi connectivity index (χ3v) is 2.66. The Bertz CT molecular complexity index is 252. The molecule has 0 aliphatic heterocycles. The van der Waals surface area contributed by atoms with Crippen LogP contribution in [0.1, 0.15) is 19.8 Å². The highest BCUT2D eigenvalue weighted by Gasteiger charge is 1.96. The van der Waals surface area contributed by atoms with Gasteiger partial charge in [0.25, 0.3) is 0 Å². The molecule has 0 aliphatic rings. The highest BCUT2D eigenvalue weighted by atomic mass is 32.2. The van der Waals surface area contributed by atoms with E-state index in [1.165, 1.54) is 12.8 Å². The van der Waals surface area contributed by atoms with Crippen molar-refractivity contribution in [3.63, 3.8) is 0 Å². The summed E-state index contributed by atoms with van der Waals surface area (Å²) < 4.78 is 0. The Balaban J connectivity index is 2.46. The summed E-state index contributed by atoms with van der Waals surface area (Å²) >= 11 is 1.78. The highest BCUT2D eigenvalue weighted by Crippen LogP contribution is 2.17. The number of hydrogen-bond acceptors (Lipinski definition) is 4. The fraction of sp³-hybridized carbons (Fsp3) is 0.556. The Hall–Kier alpha value is -0.770. The van der Waals surface area contributed by atoms with E-state index in [1.54, 1.807) is 18.1 Å². The second kappa shape index (κ2) is 5.80. The molecule has 0 bridgehead atoms. The van der Waals surface area contributed by atoms with Gasteiger partial charge < -0.3 is 5.32 Å². The van der Waals surface area contributed by atoms with Crippen molar-refractivity contribution < 1.29 is 0 Å². The first kappa shape index (κ1) is 10.3. The summed E-state index contributed by atoms with van der Waals surface area (Å²) in [5.41, 5.74) is 0. The number of nitrogens with zero attached hydrogens (tertiary/aromatic N) is 2. The summed E-state index contributed by atoms with van der Waals surface area (Å²) in [6, 6.07) is 1.97. The lowest BCUT2D eigenvalue weighted by atomic mass is 10.4. The zero-order chi connectivity index (χ0) is 9.52. The van der Waals surface area contributed by atoms with Gasteiger partial charge in [0.1, 0.15) is 17.2 Å². The van der Waals surface area contributed by atoms with Crippen molar-refractivity contribution in [2.75, 3.05) is 18.1 Å². The maximum absolute atomic E-state index is 4.17. The van der Waals surface area contributed by atoms with Crippen LogP contribution in [-0.2, 0) is 0 Å². The van der Waals surface area contributed by atoms with E-state index in [9.17, 15) is 0 Å². The van der Waals surface area contributed by atoms with Crippen LogP contribution in [0.25, 0.3) is 0 Å². The zero-order valence-corrected chi connectivity index (χ0v) is 8.90. The van der Waals surface area contributed by atoms with Crippen molar-refractivity contribution in [1.82, 2.24) is 9.97 Å². The van der Waals surface area contributed by atoms with E-state index in [-0.39, 0.29) is 0 Å². The zero-order valence-electron chi connectivity index (χ0n) is 8.08. The van der Waals surface area contributed by atoms with E-state index in [4.69, 9.17) is 0 Å². The molecule has 0 saturated carbocycles. The Labute approximate surface area is 83.4 Å². The molecule has 1 aromatic heterocycles. The molecule has 0 saturated heterocycles. The van der Waals surface area contributed by atoms with Crippen LogP contribution in [0.2, 0.25) is 0 Å². The van der Waals surface area contributed by atoms with Crippen molar-refractivity contribution in [2.45, 2.75) is 24.8 Å². The molecule has 0 fully saturated rings. The normalized spacial score (nSPS) is 10.0. The Kier molecular flexibility index (Phi) is 4.60. The van der Waals surface area contributed by atoms with Gasteiger partial charge in [-0.1, -0.05) is 13.3 Å². The molecule has 1 heterocycles. The van der Waals surface area contributed by atoms with Gasteiger partial charge in [-0.05, 0) is 12.2 Å². The fourth-order valence-electron chi connectivity index (χ4n) is 0.876. The van der Waals surface area contributed by atoms with Crippen LogP contribution in [0.5, 0.6) is 0 Å². The fourth-order valence-corrected chi connectivity index (χ4v) is 1.83. The van der Waals surface area contributed by atoms with Crippen molar-refractivity contribution in [2.24, 2.45) is 0 Å². The van der Waals surface area contributed by atoms with Crippen LogP contribution in [0.4, 0.5) is 5.82 Å². The van der Waals surface area contributed by atoms with Crippen LogP contribution < -0.4 is 5.32 Å². The number of thioether (sulfide) groups is 1. The molecule has 13 heavy (non-hydrogen) atoms. The maximum atomic E-state index is 4.17. The topological polar surface area (TPSA) is 37.8 Å². The number of aromatic nitrogens is 2. The van der Waals surface area contributed by atoms with E-state index in [2.05, 4.69) is 22.2 Å². The third-order valence-electron chi connectivity index (χ3n) is 1.65. The van der Waals surface area contributed by atoms with Gasteiger partial charge in [-0.3, -0.25) is 0 Å². The molecule has 0 aliphatic carbocycles. The van der Waals surface area contributed by atoms with Crippen LogP contribution in [0.3, 0.4) is 0 Å². The molecule has 0 aromatic carbocycles. The van der Waals surface area contributed by atoms with Gasteiger partial charge in [-0.25, -0.2) is 9.97 Å². The number of unbranched alkanes of at least 4 members (excludes halogenated alkanes) is 1. The molecule has 4 heteroatoms. The molecule has 0 radical (unpaired) electrons. The molecular formula is C9H15N3S. The first-order chi connectivity index (χ1) is 6.36. The smallest absolute Gasteiger partial charge is 0.130 e. The van der Waals surface area contributed by atoms with E-state index in [0.717, 1.165) is 16.6 Å². The summed E-state index contributed by atoms with van der Waals surface area (Å²) in [5, 5.41) is 4.04.